The number of Topliss-reactive ketones (excluding diaryl/α,β-unsaturated/α-hetero) is 1. The number of nitrogens with one attached hydrogen (secondary N) is 2. The smallest absolute Gasteiger partial charge is 0.290 e. The lowest BCUT2D eigenvalue weighted by Gasteiger charge is -2.22. The number of rotatable bonds is 15. The zero-order valence-corrected chi connectivity index (χ0v) is 22.4. The molecule has 0 bridgehead atoms. The number of fused-ring (bicyclic) bond motifs is 1. The van der Waals surface area contributed by atoms with Crippen LogP contribution in [0.1, 0.15) is 24.8 Å². The maximum Gasteiger partial charge on any atom is 0.290 e. The molecule has 11 heteroatoms. The fraction of sp³-hybridized carbons (Fsp3) is 0.345. The quantitative estimate of drug-likeness (QED) is 0.172. The first-order chi connectivity index (χ1) is 19.3. The molecule has 3 amide bonds. The van der Waals surface area contributed by atoms with E-state index in [2.05, 4.69) is 15.6 Å². The fourth-order valence-corrected chi connectivity index (χ4v) is 4.20. The number of aromatic nitrogens is 1. The SMILES string of the molecule is NCCN(CCN)C(=O)C(=O)CC[C@H](N)C(=O)N[C@@H](CCc1ccccc1)C(=O)Nc1cnc2ccccc2c1. The molecule has 0 aliphatic rings. The van der Waals surface area contributed by atoms with E-state index < -0.39 is 35.6 Å². The number of carbonyl (C=O) groups is 4. The standard InChI is InChI=1S/C29H37N7O4/c30-14-16-36(17-15-31)29(40)26(37)13-11-23(32)27(38)35-25(12-10-20-6-2-1-3-7-20)28(39)34-22-18-21-8-4-5-9-24(21)33-19-22/h1-9,18-19,23,25H,10-17,30-32H2,(H,34,39)(H,35,38)/t23-,25-/m0/s1. The molecule has 1 heterocycles. The molecule has 0 radical (unpaired) electrons. The van der Waals surface area contributed by atoms with Gasteiger partial charge >= 0.3 is 0 Å². The van der Waals surface area contributed by atoms with E-state index in [1.807, 2.05) is 60.7 Å². The summed E-state index contributed by atoms with van der Waals surface area (Å²) in [6.07, 6.45) is 2.14. The number of para-hydroxylation sites is 1. The predicted octanol–water partition coefficient (Wildman–Crippen LogP) is 0.714. The van der Waals surface area contributed by atoms with E-state index in [1.54, 1.807) is 6.20 Å². The van der Waals surface area contributed by atoms with Crippen molar-refractivity contribution in [2.24, 2.45) is 17.2 Å². The Kier molecular flexibility index (Phi) is 11.7. The van der Waals surface area contributed by atoms with Crippen molar-refractivity contribution >= 4 is 40.1 Å². The summed E-state index contributed by atoms with van der Waals surface area (Å²) in [5.74, 6) is -2.38. The highest BCUT2D eigenvalue weighted by molar-refractivity contribution is 6.36. The molecule has 0 fully saturated rings. The number of pyridine rings is 1. The average molecular weight is 548 g/mol. The Hall–Kier alpha value is -4.19. The summed E-state index contributed by atoms with van der Waals surface area (Å²) in [6.45, 7) is 0.809. The lowest BCUT2D eigenvalue weighted by atomic mass is 10.0. The summed E-state index contributed by atoms with van der Waals surface area (Å²) in [6, 6.07) is 16.9. The number of hydrogen-bond acceptors (Lipinski definition) is 8. The third-order valence-electron chi connectivity index (χ3n) is 6.40. The number of hydrogen-bond donors (Lipinski definition) is 5. The normalized spacial score (nSPS) is 12.4. The minimum atomic E-state index is -1.09. The van der Waals surface area contributed by atoms with Crippen LogP contribution in [-0.2, 0) is 25.6 Å². The van der Waals surface area contributed by atoms with Gasteiger partial charge in [-0.15, -0.1) is 0 Å². The number of anilines is 1. The summed E-state index contributed by atoms with van der Waals surface area (Å²) in [4.78, 5) is 56.7. The Bertz CT molecular complexity index is 1300. The molecular weight excluding hydrogens is 510 g/mol. The molecule has 3 rings (SSSR count). The monoisotopic (exact) mass is 547 g/mol. The van der Waals surface area contributed by atoms with Gasteiger partial charge in [-0.2, -0.15) is 0 Å². The molecular formula is C29H37N7O4. The Morgan fingerprint density at radius 1 is 0.875 bits per heavy atom. The van der Waals surface area contributed by atoms with E-state index in [0.717, 1.165) is 16.5 Å². The van der Waals surface area contributed by atoms with Crippen LogP contribution < -0.4 is 27.8 Å². The molecule has 8 N–H and O–H groups in total. The Morgan fingerprint density at radius 3 is 2.25 bits per heavy atom. The first-order valence-electron chi connectivity index (χ1n) is 13.3. The van der Waals surface area contributed by atoms with Crippen molar-refractivity contribution in [1.82, 2.24) is 15.2 Å². The van der Waals surface area contributed by atoms with E-state index >= 15 is 0 Å². The summed E-state index contributed by atoms with van der Waals surface area (Å²) in [5, 5.41) is 6.42. The average Bonchev–Trinajstić information content (AvgIpc) is 2.97. The van der Waals surface area contributed by atoms with Gasteiger partial charge in [0.15, 0.2) is 0 Å². The largest absolute Gasteiger partial charge is 0.343 e. The number of nitrogens with zero attached hydrogens (tertiary/aromatic N) is 2. The van der Waals surface area contributed by atoms with E-state index in [-0.39, 0.29) is 39.0 Å². The number of ketones is 1. The van der Waals surface area contributed by atoms with Crippen LogP contribution in [0.4, 0.5) is 5.69 Å². The van der Waals surface area contributed by atoms with Crippen molar-refractivity contribution in [3.8, 4) is 0 Å². The second kappa shape index (κ2) is 15.4. The predicted molar refractivity (Wildman–Crippen MR) is 154 cm³/mol. The fourth-order valence-electron chi connectivity index (χ4n) is 4.20. The van der Waals surface area contributed by atoms with Gasteiger partial charge < -0.3 is 32.7 Å². The molecule has 0 unspecified atom stereocenters. The van der Waals surface area contributed by atoms with Gasteiger partial charge in [-0.05, 0) is 37.0 Å². The van der Waals surface area contributed by atoms with Crippen LogP contribution in [0.3, 0.4) is 0 Å². The third kappa shape index (κ3) is 8.94. The van der Waals surface area contributed by atoms with Gasteiger partial charge in [0.1, 0.15) is 6.04 Å². The second-order valence-electron chi connectivity index (χ2n) is 9.43. The molecule has 1 aromatic heterocycles. The summed E-state index contributed by atoms with van der Waals surface area (Å²) in [5.41, 5.74) is 19.4. The van der Waals surface area contributed by atoms with E-state index in [1.165, 1.54) is 4.90 Å². The lowest BCUT2D eigenvalue weighted by Crippen LogP contribution is -2.50. The van der Waals surface area contributed by atoms with Gasteiger partial charge in [0.2, 0.25) is 17.6 Å². The maximum absolute atomic E-state index is 13.3. The van der Waals surface area contributed by atoms with Gasteiger partial charge in [0.05, 0.1) is 23.4 Å². The Labute approximate surface area is 233 Å². The van der Waals surface area contributed by atoms with Crippen molar-refractivity contribution < 1.29 is 19.2 Å². The lowest BCUT2D eigenvalue weighted by molar-refractivity contribution is -0.144. The molecule has 11 nitrogen and oxygen atoms in total. The molecule has 2 aromatic carbocycles. The van der Waals surface area contributed by atoms with Crippen molar-refractivity contribution in [2.45, 2.75) is 37.8 Å². The highest BCUT2D eigenvalue weighted by Gasteiger charge is 2.26. The van der Waals surface area contributed by atoms with Gasteiger partial charge in [0.25, 0.3) is 5.91 Å². The number of benzene rings is 2. The van der Waals surface area contributed by atoms with Gasteiger partial charge in [-0.25, -0.2) is 0 Å². The maximum atomic E-state index is 13.3. The van der Waals surface area contributed by atoms with Crippen molar-refractivity contribution in [3.05, 3.63) is 72.4 Å². The van der Waals surface area contributed by atoms with Crippen LogP contribution in [0.2, 0.25) is 0 Å². The number of amides is 3. The molecule has 212 valence electrons. The third-order valence-corrected chi connectivity index (χ3v) is 6.40. The minimum absolute atomic E-state index is 0.0584. The zero-order chi connectivity index (χ0) is 28.9. The summed E-state index contributed by atoms with van der Waals surface area (Å²) >= 11 is 0. The number of carbonyl (C=O) groups excluding carboxylic acids is 4. The minimum Gasteiger partial charge on any atom is -0.343 e. The van der Waals surface area contributed by atoms with Crippen LogP contribution in [0, 0.1) is 0 Å². The van der Waals surface area contributed by atoms with Crippen LogP contribution in [0.5, 0.6) is 0 Å². The molecule has 0 saturated heterocycles. The Morgan fingerprint density at radius 2 is 1.55 bits per heavy atom. The molecule has 40 heavy (non-hydrogen) atoms. The van der Waals surface area contributed by atoms with E-state index in [4.69, 9.17) is 17.2 Å². The van der Waals surface area contributed by atoms with E-state index in [0.29, 0.717) is 18.5 Å². The number of aryl methyl sites for hydroxylation is 1. The van der Waals surface area contributed by atoms with Crippen LogP contribution in [0.15, 0.2) is 66.9 Å². The van der Waals surface area contributed by atoms with Crippen molar-refractivity contribution in [2.75, 3.05) is 31.5 Å². The summed E-state index contributed by atoms with van der Waals surface area (Å²) in [7, 11) is 0. The van der Waals surface area contributed by atoms with Crippen molar-refractivity contribution in [1.29, 1.82) is 0 Å². The van der Waals surface area contributed by atoms with Crippen LogP contribution in [-0.4, -0.2) is 71.7 Å². The van der Waals surface area contributed by atoms with Crippen LogP contribution >= 0.6 is 0 Å². The molecule has 2 atom stereocenters. The van der Waals surface area contributed by atoms with Crippen LogP contribution in [0.25, 0.3) is 10.9 Å². The molecule has 0 saturated carbocycles. The van der Waals surface area contributed by atoms with Gasteiger partial charge in [-0.3, -0.25) is 24.2 Å². The second-order valence-corrected chi connectivity index (χ2v) is 9.43. The molecule has 0 spiro atoms. The van der Waals surface area contributed by atoms with E-state index in [9.17, 15) is 19.2 Å². The molecule has 3 aromatic rings. The first-order valence-corrected chi connectivity index (χ1v) is 13.3. The molecule has 0 aliphatic carbocycles. The topological polar surface area (TPSA) is 187 Å². The highest BCUT2D eigenvalue weighted by atomic mass is 16.2. The van der Waals surface area contributed by atoms with Crippen molar-refractivity contribution in [3.63, 3.8) is 0 Å². The number of nitrogens with two attached hydrogens (primary N) is 3. The highest BCUT2D eigenvalue weighted by Crippen LogP contribution is 2.17. The van der Waals surface area contributed by atoms with Gasteiger partial charge in [0, 0.05) is 38.0 Å². The first kappa shape index (κ1) is 30.4. The Balaban J connectivity index is 1.64. The zero-order valence-electron chi connectivity index (χ0n) is 22.4. The summed E-state index contributed by atoms with van der Waals surface area (Å²) < 4.78 is 0. The molecule has 0 aliphatic heterocycles. The van der Waals surface area contributed by atoms with Gasteiger partial charge in [-0.1, -0.05) is 48.5 Å².